The summed E-state index contributed by atoms with van der Waals surface area (Å²) < 4.78 is 9.43. The molecule has 0 aliphatic heterocycles. The number of benzene rings is 2. The van der Waals surface area contributed by atoms with Crippen molar-refractivity contribution < 1.29 is 24.0 Å². The second-order valence-electron chi connectivity index (χ2n) is 6.96. The first-order valence-corrected chi connectivity index (χ1v) is 9.66. The fourth-order valence-corrected chi connectivity index (χ4v) is 3.06. The van der Waals surface area contributed by atoms with Crippen molar-refractivity contribution in [3.8, 4) is 0 Å². The van der Waals surface area contributed by atoms with Crippen LogP contribution >= 0.6 is 0 Å². The van der Waals surface area contributed by atoms with E-state index in [1.807, 2.05) is 26.0 Å². The van der Waals surface area contributed by atoms with E-state index in [-0.39, 0.29) is 28.5 Å². The van der Waals surface area contributed by atoms with Crippen LogP contribution in [0.15, 0.2) is 42.7 Å². The fourth-order valence-electron chi connectivity index (χ4n) is 3.06. The van der Waals surface area contributed by atoms with Crippen LogP contribution in [-0.4, -0.2) is 41.0 Å². The third-order valence-electron chi connectivity index (χ3n) is 4.90. The second-order valence-corrected chi connectivity index (χ2v) is 6.96. The quantitative estimate of drug-likeness (QED) is 0.306. The van der Waals surface area contributed by atoms with Crippen molar-refractivity contribution in [1.29, 1.82) is 0 Å². The molecule has 1 aromatic heterocycles. The number of carbonyl (C=O) groups is 2. The van der Waals surface area contributed by atoms with Crippen LogP contribution in [0.4, 0.5) is 28.7 Å². The summed E-state index contributed by atoms with van der Waals surface area (Å²) in [5.74, 6) is -1.55. The number of anilines is 4. The molecule has 1 heterocycles. The Morgan fingerprint density at radius 2 is 1.52 bits per heavy atom. The number of aryl methyl sites for hydroxylation is 1. The number of ether oxygens (including phenoxy) is 2. The molecule has 170 valence electrons. The number of nitro groups is 1. The molecule has 2 aromatic carbocycles. The van der Waals surface area contributed by atoms with Crippen molar-refractivity contribution >= 4 is 40.6 Å². The van der Waals surface area contributed by atoms with E-state index < -0.39 is 22.5 Å². The largest absolute Gasteiger partial charge is 0.465 e. The van der Waals surface area contributed by atoms with Crippen LogP contribution in [0.3, 0.4) is 0 Å². The lowest BCUT2D eigenvalue weighted by molar-refractivity contribution is -0.383. The van der Waals surface area contributed by atoms with E-state index in [1.54, 1.807) is 6.07 Å². The highest BCUT2D eigenvalue weighted by Crippen LogP contribution is 2.34. The first-order chi connectivity index (χ1) is 15.7. The van der Waals surface area contributed by atoms with E-state index in [2.05, 4.69) is 20.6 Å². The summed E-state index contributed by atoms with van der Waals surface area (Å²) >= 11 is 0. The smallest absolute Gasteiger partial charge is 0.353 e. The zero-order valence-electron chi connectivity index (χ0n) is 18.3. The number of aromatic nitrogens is 2. The first-order valence-electron chi connectivity index (χ1n) is 9.66. The van der Waals surface area contributed by atoms with Gasteiger partial charge in [0.1, 0.15) is 6.33 Å². The zero-order chi connectivity index (χ0) is 24.1. The van der Waals surface area contributed by atoms with Gasteiger partial charge in [-0.3, -0.25) is 10.1 Å². The molecule has 0 bridgehead atoms. The van der Waals surface area contributed by atoms with Crippen LogP contribution in [0.1, 0.15) is 31.8 Å². The van der Waals surface area contributed by atoms with E-state index in [1.165, 1.54) is 32.4 Å². The van der Waals surface area contributed by atoms with Gasteiger partial charge in [-0.15, -0.1) is 0 Å². The molecule has 0 unspecified atom stereocenters. The normalized spacial score (nSPS) is 10.3. The van der Waals surface area contributed by atoms with Crippen LogP contribution in [0.2, 0.25) is 0 Å². The van der Waals surface area contributed by atoms with Crippen molar-refractivity contribution in [2.24, 2.45) is 0 Å². The lowest BCUT2D eigenvalue weighted by Gasteiger charge is -2.13. The van der Waals surface area contributed by atoms with Crippen LogP contribution in [-0.2, 0) is 9.47 Å². The van der Waals surface area contributed by atoms with Gasteiger partial charge in [0, 0.05) is 11.4 Å². The van der Waals surface area contributed by atoms with E-state index in [0.29, 0.717) is 5.69 Å². The van der Waals surface area contributed by atoms with Crippen molar-refractivity contribution in [2.75, 3.05) is 24.9 Å². The average Bonchev–Trinajstić information content (AvgIpc) is 2.80. The molecule has 0 fully saturated rings. The van der Waals surface area contributed by atoms with Gasteiger partial charge in [-0.1, -0.05) is 12.1 Å². The van der Waals surface area contributed by atoms with Gasteiger partial charge in [-0.05, 0) is 49.2 Å². The lowest BCUT2D eigenvalue weighted by atomic mass is 10.1. The molecule has 0 saturated heterocycles. The van der Waals surface area contributed by atoms with Gasteiger partial charge in [0.05, 0.1) is 30.3 Å². The molecular formula is C22H21N5O6. The van der Waals surface area contributed by atoms with Crippen molar-refractivity contribution in [3.05, 3.63) is 75.1 Å². The molecule has 0 aliphatic rings. The maximum atomic E-state index is 12.0. The molecular weight excluding hydrogens is 430 g/mol. The Labute approximate surface area is 188 Å². The maximum absolute atomic E-state index is 12.0. The number of hydrogen-bond donors (Lipinski definition) is 2. The molecule has 2 N–H and O–H groups in total. The van der Waals surface area contributed by atoms with Crippen LogP contribution in [0, 0.1) is 24.0 Å². The number of rotatable bonds is 7. The molecule has 0 spiro atoms. The van der Waals surface area contributed by atoms with Gasteiger partial charge in [-0.25, -0.2) is 19.6 Å². The second kappa shape index (κ2) is 9.73. The van der Waals surface area contributed by atoms with Crippen LogP contribution in [0.25, 0.3) is 0 Å². The number of methoxy groups -OCH3 is 2. The molecule has 0 aliphatic carbocycles. The SMILES string of the molecule is COC(=O)c1cc(Nc2ncnc(Nc3cccc(C)c3C)c2[N+](=O)[O-])cc(C(=O)OC)c1. The number of carbonyl (C=O) groups excluding carboxylic acids is 2. The number of esters is 2. The predicted octanol–water partition coefficient (Wildman–Crippen LogP) is 4.06. The predicted molar refractivity (Wildman–Crippen MR) is 120 cm³/mol. The van der Waals surface area contributed by atoms with E-state index in [4.69, 9.17) is 9.47 Å². The lowest BCUT2D eigenvalue weighted by Crippen LogP contribution is -2.09. The topological polar surface area (TPSA) is 146 Å². The van der Waals surface area contributed by atoms with E-state index in [9.17, 15) is 19.7 Å². The third kappa shape index (κ3) is 5.03. The van der Waals surface area contributed by atoms with Gasteiger partial charge in [0.2, 0.25) is 11.6 Å². The Balaban J connectivity index is 2.06. The van der Waals surface area contributed by atoms with Crippen molar-refractivity contribution in [2.45, 2.75) is 13.8 Å². The maximum Gasteiger partial charge on any atom is 0.353 e. The minimum Gasteiger partial charge on any atom is -0.465 e. The Morgan fingerprint density at radius 3 is 2.06 bits per heavy atom. The molecule has 3 rings (SSSR count). The Hall–Kier alpha value is -4.54. The monoisotopic (exact) mass is 451 g/mol. The standard InChI is InChI=1S/C22H21N5O6/c1-12-6-5-7-17(13(12)2)26-20-18(27(30)31)19(23-11-24-20)25-16-9-14(21(28)32-3)8-15(10-16)22(29)33-4/h5-11H,1-4H3,(H2,23,24,25,26). The van der Waals surface area contributed by atoms with Crippen LogP contribution < -0.4 is 10.6 Å². The Morgan fingerprint density at radius 1 is 0.939 bits per heavy atom. The minimum atomic E-state index is -0.696. The number of nitrogens with one attached hydrogen (secondary N) is 2. The molecule has 11 heteroatoms. The van der Waals surface area contributed by atoms with Gasteiger partial charge in [0.15, 0.2) is 0 Å². The minimum absolute atomic E-state index is 0.0245. The molecule has 0 atom stereocenters. The summed E-state index contributed by atoms with van der Waals surface area (Å²) in [6, 6.07) is 9.58. The first kappa shape index (κ1) is 23.1. The van der Waals surface area contributed by atoms with E-state index in [0.717, 1.165) is 17.5 Å². The Bertz CT molecular complexity index is 1210. The summed E-state index contributed by atoms with van der Waals surface area (Å²) in [6.07, 6.45) is 1.16. The molecule has 0 amide bonds. The summed E-state index contributed by atoms with van der Waals surface area (Å²) in [5, 5.41) is 17.7. The zero-order valence-corrected chi connectivity index (χ0v) is 18.3. The molecule has 3 aromatic rings. The fraction of sp³-hybridized carbons (Fsp3) is 0.182. The molecule has 33 heavy (non-hydrogen) atoms. The third-order valence-corrected chi connectivity index (χ3v) is 4.90. The number of nitrogens with zero attached hydrogens (tertiary/aromatic N) is 3. The highest BCUT2D eigenvalue weighted by atomic mass is 16.6. The molecule has 11 nitrogen and oxygen atoms in total. The molecule has 0 saturated carbocycles. The van der Waals surface area contributed by atoms with Gasteiger partial charge >= 0.3 is 17.6 Å². The summed E-state index contributed by atoms with van der Waals surface area (Å²) in [6.45, 7) is 3.81. The number of hydrogen-bond acceptors (Lipinski definition) is 10. The Kier molecular flexibility index (Phi) is 6.82. The summed E-state index contributed by atoms with van der Waals surface area (Å²) in [4.78, 5) is 43.4. The van der Waals surface area contributed by atoms with Crippen molar-refractivity contribution in [3.63, 3.8) is 0 Å². The highest BCUT2D eigenvalue weighted by molar-refractivity contribution is 5.97. The van der Waals surface area contributed by atoms with Gasteiger partial charge in [0.25, 0.3) is 0 Å². The highest BCUT2D eigenvalue weighted by Gasteiger charge is 2.24. The van der Waals surface area contributed by atoms with E-state index >= 15 is 0 Å². The van der Waals surface area contributed by atoms with Gasteiger partial charge < -0.3 is 20.1 Å². The van der Waals surface area contributed by atoms with Gasteiger partial charge in [-0.2, -0.15) is 0 Å². The summed E-state index contributed by atoms with van der Waals surface area (Å²) in [7, 11) is 2.39. The molecule has 0 radical (unpaired) electrons. The van der Waals surface area contributed by atoms with Crippen molar-refractivity contribution in [1.82, 2.24) is 9.97 Å². The van der Waals surface area contributed by atoms with Crippen LogP contribution in [0.5, 0.6) is 0 Å². The average molecular weight is 451 g/mol. The summed E-state index contributed by atoms with van der Waals surface area (Å²) in [5.41, 5.74) is 2.45.